The van der Waals surface area contributed by atoms with Crippen molar-refractivity contribution < 1.29 is 4.79 Å². The van der Waals surface area contributed by atoms with Crippen molar-refractivity contribution >= 4 is 17.4 Å². The Morgan fingerprint density at radius 3 is 2.00 bits per heavy atom. The highest BCUT2D eigenvalue weighted by molar-refractivity contribution is 5.89. The van der Waals surface area contributed by atoms with Gasteiger partial charge in [-0.05, 0) is 49.4 Å². The number of anilines is 2. The van der Waals surface area contributed by atoms with E-state index in [9.17, 15) is 4.79 Å². The van der Waals surface area contributed by atoms with Gasteiger partial charge in [-0.15, -0.1) is 0 Å². The molecular formula is C25H39N3O. The molecule has 2 amide bonds. The zero-order valence-electron chi connectivity index (χ0n) is 18.9. The minimum Gasteiger partial charge on any atom is -0.374 e. The van der Waals surface area contributed by atoms with Gasteiger partial charge in [0.15, 0.2) is 0 Å². The van der Waals surface area contributed by atoms with E-state index >= 15 is 0 Å². The molecule has 160 valence electrons. The molecule has 0 radical (unpaired) electrons. The first-order valence-electron chi connectivity index (χ1n) is 11.1. The smallest absolute Gasteiger partial charge is 0.321 e. The number of rotatable bonds is 1. The maximum Gasteiger partial charge on any atom is 0.321 e. The van der Waals surface area contributed by atoms with E-state index in [4.69, 9.17) is 0 Å². The molecule has 2 heterocycles. The first-order valence-corrected chi connectivity index (χ1v) is 11.1. The summed E-state index contributed by atoms with van der Waals surface area (Å²) in [5.74, 6) is 0. The molecule has 0 atom stereocenters. The maximum atomic E-state index is 11.8. The molecule has 4 nitrogen and oxygen atoms in total. The average molecular weight is 398 g/mol. The van der Waals surface area contributed by atoms with Crippen molar-refractivity contribution in [2.24, 2.45) is 0 Å². The first-order chi connectivity index (χ1) is 14.2. The number of fused-ring (bicyclic) bond motifs is 1. The standard InChI is InChI=1S/C12H16N2O.C9H11N.2C2H6/c15-12(14-9-5-2-6-10-14)13-11-7-3-1-4-8-11;1-10-7-6-8-4-2-3-5-9(8)10;2*1-2/h1,3-4,7-8H,2,5-6,9-10H2,(H,13,15);2-5H,6-7H2,1H3;2*1-2H3. The highest BCUT2D eigenvalue weighted by Gasteiger charge is 2.16. The van der Waals surface area contributed by atoms with E-state index in [1.807, 2.05) is 62.9 Å². The van der Waals surface area contributed by atoms with Crippen molar-refractivity contribution in [3.05, 3.63) is 60.2 Å². The van der Waals surface area contributed by atoms with E-state index in [-0.39, 0.29) is 6.03 Å². The van der Waals surface area contributed by atoms with Gasteiger partial charge in [0.25, 0.3) is 0 Å². The van der Waals surface area contributed by atoms with Crippen LogP contribution >= 0.6 is 0 Å². The summed E-state index contributed by atoms with van der Waals surface area (Å²) < 4.78 is 0. The minimum atomic E-state index is 0.0286. The van der Waals surface area contributed by atoms with Gasteiger partial charge >= 0.3 is 6.03 Å². The fourth-order valence-corrected chi connectivity index (χ4v) is 3.32. The van der Waals surface area contributed by atoms with Gasteiger partial charge in [-0.25, -0.2) is 4.79 Å². The van der Waals surface area contributed by atoms with Crippen LogP contribution in [-0.2, 0) is 6.42 Å². The molecule has 29 heavy (non-hydrogen) atoms. The van der Waals surface area contributed by atoms with Crippen LogP contribution in [0, 0.1) is 0 Å². The number of piperidine rings is 1. The van der Waals surface area contributed by atoms with Gasteiger partial charge in [-0.1, -0.05) is 64.1 Å². The number of hydrogen-bond acceptors (Lipinski definition) is 2. The van der Waals surface area contributed by atoms with E-state index in [0.29, 0.717) is 0 Å². The topological polar surface area (TPSA) is 35.6 Å². The summed E-state index contributed by atoms with van der Waals surface area (Å²) in [6.07, 6.45) is 4.71. The molecule has 2 aromatic rings. The molecule has 1 N–H and O–H groups in total. The molecule has 0 aliphatic carbocycles. The number of likely N-dealkylation sites (tertiary alicyclic amines) is 1. The third kappa shape index (κ3) is 8.18. The minimum absolute atomic E-state index is 0.0286. The monoisotopic (exact) mass is 397 g/mol. The largest absolute Gasteiger partial charge is 0.374 e. The number of amides is 2. The molecule has 0 aromatic heterocycles. The number of nitrogens with one attached hydrogen (secondary N) is 1. The van der Waals surface area contributed by atoms with Gasteiger partial charge < -0.3 is 15.1 Å². The zero-order valence-corrected chi connectivity index (χ0v) is 18.9. The van der Waals surface area contributed by atoms with Gasteiger partial charge in [0.05, 0.1) is 0 Å². The van der Waals surface area contributed by atoms with E-state index in [1.165, 1.54) is 30.6 Å². The van der Waals surface area contributed by atoms with Crippen molar-refractivity contribution in [1.29, 1.82) is 0 Å². The van der Waals surface area contributed by atoms with Gasteiger partial charge in [-0.2, -0.15) is 0 Å². The maximum absolute atomic E-state index is 11.8. The van der Waals surface area contributed by atoms with Crippen molar-refractivity contribution in [1.82, 2.24) is 4.90 Å². The van der Waals surface area contributed by atoms with Crippen LogP contribution in [0.2, 0.25) is 0 Å². The Morgan fingerprint density at radius 2 is 1.38 bits per heavy atom. The molecule has 1 saturated heterocycles. The Labute approximate surface area is 177 Å². The Hall–Kier alpha value is -2.49. The second-order valence-electron chi connectivity index (χ2n) is 6.64. The lowest BCUT2D eigenvalue weighted by atomic mass is 10.1. The van der Waals surface area contributed by atoms with Crippen LogP contribution < -0.4 is 10.2 Å². The SMILES string of the molecule is CC.CC.CN1CCc2ccccc21.O=C(Nc1ccccc1)N1CCCCC1. The van der Waals surface area contributed by atoms with Crippen LogP contribution in [0.25, 0.3) is 0 Å². The summed E-state index contributed by atoms with van der Waals surface area (Å²) >= 11 is 0. The molecule has 4 heteroatoms. The number of hydrogen-bond donors (Lipinski definition) is 1. The third-order valence-electron chi connectivity index (χ3n) is 4.79. The number of likely N-dealkylation sites (N-methyl/N-ethyl adjacent to an activating group) is 1. The van der Waals surface area contributed by atoms with Crippen LogP contribution in [0.1, 0.15) is 52.5 Å². The van der Waals surface area contributed by atoms with E-state index < -0.39 is 0 Å². The van der Waals surface area contributed by atoms with Gasteiger partial charge in [0.1, 0.15) is 0 Å². The molecular weight excluding hydrogens is 358 g/mol. The van der Waals surface area contributed by atoms with E-state index in [1.54, 1.807) is 0 Å². The van der Waals surface area contributed by atoms with Crippen LogP contribution in [0.15, 0.2) is 54.6 Å². The lowest BCUT2D eigenvalue weighted by molar-refractivity contribution is 0.200. The van der Waals surface area contributed by atoms with Crippen LogP contribution in [0.3, 0.4) is 0 Å². The highest BCUT2D eigenvalue weighted by atomic mass is 16.2. The van der Waals surface area contributed by atoms with Crippen LogP contribution in [-0.4, -0.2) is 37.6 Å². The van der Waals surface area contributed by atoms with Crippen molar-refractivity contribution in [2.45, 2.75) is 53.4 Å². The number of carbonyl (C=O) groups is 1. The quantitative estimate of drug-likeness (QED) is 0.601. The highest BCUT2D eigenvalue weighted by Crippen LogP contribution is 2.25. The molecule has 2 aromatic carbocycles. The number of para-hydroxylation sites is 2. The number of urea groups is 1. The summed E-state index contributed by atoms with van der Waals surface area (Å²) in [6.45, 7) is 11.0. The van der Waals surface area contributed by atoms with Crippen LogP contribution in [0.5, 0.6) is 0 Å². The van der Waals surface area contributed by atoms with Gasteiger partial charge in [-0.3, -0.25) is 0 Å². The van der Waals surface area contributed by atoms with Gasteiger partial charge in [0.2, 0.25) is 0 Å². The molecule has 0 bridgehead atoms. The lowest BCUT2D eigenvalue weighted by Crippen LogP contribution is -2.38. The molecule has 2 aliphatic rings. The molecule has 0 unspecified atom stereocenters. The zero-order chi connectivity index (χ0) is 21.5. The second-order valence-corrected chi connectivity index (χ2v) is 6.64. The number of carbonyl (C=O) groups excluding carboxylic acids is 1. The molecule has 2 aliphatic heterocycles. The van der Waals surface area contributed by atoms with Crippen LogP contribution in [0.4, 0.5) is 16.2 Å². The summed E-state index contributed by atoms with van der Waals surface area (Å²) in [5.41, 5.74) is 3.76. The summed E-state index contributed by atoms with van der Waals surface area (Å²) in [4.78, 5) is 16.0. The second kappa shape index (κ2) is 14.5. The van der Waals surface area contributed by atoms with Crippen molar-refractivity contribution in [2.75, 3.05) is 36.9 Å². The molecule has 4 rings (SSSR count). The Bertz CT molecular complexity index is 681. The normalized spacial score (nSPS) is 14.1. The summed E-state index contributed by atoms with van der Waals surface area (Å²) in [6, 6.07) is 18.2. The fourth-order valence-electron chi connectivity index (χ4n) is 3.32. The molecule has 0 saturated carbocycles. The average Bonchev–Trinajstić information content (AvgIpc) is 3.19. The molecule has 1 fully saturated rings. The number of benzene rings is 2. The summed E-state index contributed by atoms with van der Waals surface area (Å²) in [5, 5.41) is 2.90. The lowest BCUT2D eigenvalue weighted by Gasteiger charge is -2.26. The van der Waals surface area contributed by atoms with Gasteiger partial charge in [0, 0.05) is 38.1 Å². The number of nitrogens with zero attached hydrogens (tertiary/aromatic N) is 2. The predicted octanol–water partition coefficient (Wildman–Crippen LogP) is 6.44. The van der Waals surface area contributed by atoms with E-state index in [0.717, 1.165) is 31.6 Å². The predicted molar refractivity (Wildman–Crippen MR) is 127 cm³/mol. The van der Waals surface area contributed by atoms with Crippen molar-refractivity contribution in [3.8, 4) is 0 Å². The molecule has 0 spiro atoms. The first kappa shape index (κ1) is 24.5. The van der Waals surface area contributed by atoms with Crippen molar-refractivity contribution in [3.63, 3.8) is 0 Å². The fraction of sp³-hybridized carbons (Fsp3) is 0.480. The third-order valence-corrected chi connectivity index (χ3v) is 4.79. The Balaban J connectivity index is 0.000000260. The Kier molecular flexibility index (Phi) is 12.3. The van der Waals surface area contributed by atoms with E-state index in [2.05, 4.69) is 41.5 Å². The Morgan fingerprint density at radius 1 is 0.793 bits per heavy atom. The summed E-state index contributed by atoms with van der Waals surface area (Å²) in [7, 11) is 2.14.